The van der Waals surface area contributed by atoms with Gasteiger partial charge in [0.05, 0.1) is 12.2 Å². The van der Waals surface area contributed by atoms with Gasteiger partial charge < -0.3 is 9.64 Å². The number of piperidine rings is 1. The Morgan fingerprint density at radius 3 is 2.40 bits per heavy atom. The first-order valence-corrected chi connectivity index (χ1v) is 11.6. The first-order valence-electron chi connectivity index (χ1n) is 11.6. The van der Waals surface area contributed by atoms with Gasteiger partial charge in [-0.25, -0.2) is 0 Å². The van der Waals surface area contributed by atoms with Crippen molar-refractivity contribution >= 4 is 17.5 Å². The number of hydrogen-bond acceptors (Lipinski definition) is 4. The summed E-state index contributed by atoms with van der Waals surface area (Å²) in [6.45, 7) is 1.29. The fourth-order valence-corrected chi connectivity index (χ4v) is 6.25. The van der Waals surface area contributed by atoms with E-state index >= 15 is 0 Å². The molecule has 2 saturated carbocycles. The van der Waals surface area contributed by atoms with E-state index in [0.717, 1.165) is 23.3 Å². The summed E-state index contributed by atoms with van der Waals surface area (Å²) < 4.78 is 6.17. The number of imide groups is 1. The number of rotatable bonds is 3. The Kier molecular flexibility index (Phi) is 6.35. The number of amides is 2. The van der Waals surface area contributed by atoms with E-state index in [1.807, 2.05) is 0 Å². The summed E-state index contributed by atoms with van der Waals surface area (Å²) in [7, 11) is 0. The third kappa shape index (κ3) is 3.95. The second kappa shape index (κ2) is 8.99. The Bertz CT molecular complexity index is 779. The highest BCUT2D eigenvalue weighted by atomic mass is 16.5. The van der Waals surface area contributed by atoms with Crippen molar-refractivity contribution in [1.29, 1.82) is 0 Å². The number of fused-ring (bicyclic) bond motifs is 1. The summed E-state index contributed by atoms with van der Waals surface area (Å²) in [6, 6.07) is 6.15. The van der Waals surface area contributed by atoms with E-state index in [9.17, 15) is 9.59 Å². The zero-order valence-electron chi connectivity index (χ0n) is 17.2. The molecule has 5 nitrogen and oxygen atoms in total. The number of para-hydroxylation sites is 1. The maximum Gasteiger partial charge on any atom is 0.249 e. The molecule has 1 atom stereocenters. The topological polar surface area (TPSA) is 58.6 Å². The van der Waals surface area contributed by atoms with Crippen molar-refractivity contribution in [1.82, 2.24) is 5.32 Å². The summed E-state index contributed by atoms with van der Waals surface area (Å²) in [4.78, 5) is 26.2. The van der Waals surface area contributed by atoms with Crippen LogP contribution in [-0.4, -0.2) is 31.0 Å². The number of nitrogens with one attached hydrogen (secondary N) is 1. The third-order valence-corrected chi connectivity index (χ3v) is 7.78. The van der Waals surface area contributed by atoms with Crippen LogP contribution in [0.3, 0.4) is 0 Å². The second-order valence-electron chi connectivity index (χ2n) is 9.36. The quantitative estimate of drug-likeness (QED) is 0.725. The molecule has 2 aliphatic carbocycles. The molecule has 0 aromatic heterocycles. The van der Waals surface area contributed by atoms with Crippen LogP contribution in [0.1, 0.15) is 83.1 Å². The van der Waals surface area contributed by atoms with E-state index in [-0.39, 0.29) is 25.3 Å². The maximum atomic E-state index is 12.4. The summed E-state index contributed by atoms with van der Waals surface area (Å²) in [5, 5.41) is 2.51. The highest BCUT2D eigenvalue weighted by Crippen LogP contribution is 2.48. The van der Waals surface area contributed by atoms with Crippen LogP contribution in [0.4, 0.5) is 5.69 Å². The van der Waals surface area contributed by atoms with Crippen LogP contribution in [-0.2, 0) is 9.59 Å². The molecule has 0 spiro atoms. The van der Waals surface area contributed by atoms with Crippen molar-refractivity contribution in [3.8, 4) is 5.75 Å². The minimum absolute atomic E-state index is 0. The number of carbonyl (C=O) groups excluding carboxylic acids is 2. The Morgan fingerprint density at radius 2 is 1.67 bits per heavy atom. The summed E-state index contributed by atoms with van der Waals surface area (Å²) in [5.41, 5.74) is 2.35. The largest absolute Gasteiger partial charge is 0.489 e. The molecule has 5 heteroatoms. The van der Waals surface area contributed by atoms with Crippen molar-refractivity contribution < 1.29 is 14.3 Å². The molecule has 3 fully saturated rings. The molecule has 30 heavy (non-hydrogen) atoms. The van der Waals surface area contributed by atoms with Crippen LogP contribution in [0.5, 0.6) is 5.75 Å². The Balaban J connectivity index is 0.00000218. The number of hydrogen-bond donors (Lipinski definition) is 1. The molecule has 1 aromatic rings. The first-order chi connectivity index (χ1) is 14.2. The normalized spacial score (nSPS) is 29.6. The van der Waals surface area contributed by atoms with Gasteiger partial charge in [-0.05, 0) is 61.5 Å². The predicted octanol–water partition coefficient (Wildman–Crippen LogP) is 4.79. The van der Waals surface area contributed by atoms with Crippen molar-refractivity contribution in [3.05, 3.63) is 23.8 Å². The fraction of sp³-hybridized carbons (Fsp3) is 0.680. The monoisotopic (exact) mass is 412 g/mol. The van der Waals surface area contributed by atoms with Gasteiger partial charge in [0.15, 0.2) is 0 Å². The van der Waals surface area contributed by atoms with Gasteiger partial charge in [0.1, 0.15) is 18.4 Å². The molecular formula is C25H36N2O3. The molecule has 2 heterocycles. The van der Waals surface area contributed by atoms with Gasteiger partial charge in [0.2, 0.25) is 11.8 Å². The molecule has 1 N–H and O–H groups in total. The molecule has 164 valence electrons. The summed E-state index contributed by atoms with van der Waals surface area (Å²) in [6.07, 6.45) is 11.9. The first kappa shape index (κ1) is 21.2. The van der Waals surface area contributed by atoms with E-state index in [2.05, 4.69) is 28.4 Å². The predicted molar refractivity (Wildman–Crippen MR) is 119 cm³/mol. The Hall–Kier alpha value is -2.04. The Morgan fingerprint density at radius 1 is 0.933 bits per heavy atom. The lowest BCUT2D eigenvalue weighted by Crippen LogP contribution is -2.54. The number of anilines is 1. The highest BCUT2D eigenvalue weighted by Gasteiger charge is 2.37. The van der Waals surface area contributed by atoms with E-state index in [1.54, 1.807) is 0 Å². The molecule has 0 radical (unpaired) electrons. The second-order valence-corrected chi connectivity index (χ2v) is 9.36. The smallest absolute Gasteiger partial charge is 0.249 e. The molecule has 2 aliphatic heterocycles. The highest BCUT2D eigenvalue weighted by molar-refractivity contribution is 6.01. The van der Waals surface area contributed by atoms with Crippen molar-refractivity contribution in [2.24, 2.45) is 11.8 Å². The minimum Gasteiger partial charge on any atom is -0.489 e. The third-order valence-electron chi connectivity index (χ3n) is 7.78. The van der Waals surface area contributed by atoms with E-state index in [0.29, 0.717) is 31.9 Å². The lowest BCUT2D eigenvalue weighted by molar-refractivity contribution is -0.134. The molecule has 1 saturated heterocycles. The van der Waals surface area contributed by atoms with E-state index in [1.165, 1.54) is 56.9 Å². The van der Waals surface area contributed by atoms with Gasteiger partial charge in [-0.3, -0.25) is 14.9 Å². The molecule has 1 unspecified atom stereocenters. The summed E-state index contributed by atoms with van der Waals surface area (Å²) in [5.74, 6) is 3.11. The molecule has 1 aromatic carbocycles. The van der Waals surface area contributed by atoms with Crippen LogP contribution < -0.4 is 15.0 Å². The number of ether oxygens (including phenoxy) is 1. The SMILES string of the molecule is C.O=C1CCC(N2CCOc3c(C4CCC(C5CCCC5)CC4)cccc32)C(=O)N1. The van der Waals surface area contributed by atoms with Gasteiger partial charge in [-0.2, -0.15) is 0 Å². The van der Waals surface area contributed by atoms with Crippen LogP contribution in [0.25, 0.3) is 0 Å². The standard InChI is InChI=1S/C24H32N2O3.CH4/c27-22-13-12-21(24(28)25-22)26-14-15-29-23-19(6-3-7-20(23)26)18-10-8-17(9-11-18)16-4-1-2-5-16;/h3,6-7,16-18,21H,1-2,4-5,8-15H2,(H,25,27,28);1H4. The number of nitrogens with zero attached hydrogens (tertiary/aromatic N) is 1. The minimum atomic E-state index is -0.274. The molecule has 0 bridgehead atoms. The molecule has 2 amide bonds. The number of benzene rings is 1. The van der Waals surface area contributed by atoms with Crippen LogP contribution >= 0.6 is 0 Å². The average Bonchev–Trinajstić information content (AvgIpc) is 3.28. The van der Waals surface area contributed by atoms with Crippen LogP contribution in [0.15, 0.2) is 18.2 Å². The van der Waals surface area contributed by atoms with E-state index < -0.39 is 0 Å². The van der Waals surface area contributed by atoms with Crippen molar-refractivity contribution in [2.75, 3.05) is 18.1 Å². The van der Waals surface area contributed by atoms with Crippen LogP contribution in [0, 0.1) is 11.8 Å². The van der Waals surface area contributed by atoms with Crippen LogP contribution in [0.2, 0.25) is 0 Å². The molecule has 4 aliphatic rings. The lowest BCUT2D eigenvalue weighted by atomic mass is 9.73. The molecular weight excluding hydrogens is 376 g/mol. The van der Waals surface area contributed by atoms with E-state index in [4.69, 9.17) is 4.74 Å². The van der Waals surface area contributed by atoms with Gasteiger partial charge in [-0.15, -0.1) is 0 Å². The van der Waals surface area contributed by atoms with Gasteiger partial charge >= 0.3 is 0 Å². The zero-order chi connectivity index (χ0) is 19.8. The Labute approximate surface area is 180 Å². The maximum absolute atomic E-state index is 12.4. The lowest BCUT2D eigenvalue weighted by Gasteiger charge is -2.40. The van der Waals surface area contributed by atoms with Gasteiger partial charge in [-0.1, -0.05) is 45.2 Å². The fourth-order valence-electron chi connectivity index (χ4n) is 6.25. The number of carbonyl (C=O) groups is 2. The average molecular weight is 413 g/mol. The van der Waals surface area contributed by atoms with Crippen molar-refractivity contribution in [3.63, 3.8) is 0 Å². The van der Waals surface area contributed by atoms with Gasteiger partial charge in [0.25, 0.3) is 0 Å². The molecule has 5 rings (SSSR count). The van der Waals surface area contributed by atoms with Crippen molar-refractivity contribution in [2.45, 2.75) is 83.6 Å². The summed E-state index contributed by atoms with van der Waals surface area (Å²) >= 11 is 0. The zero-order valence-corrected chi connectivity index (χ0v) is 17.2. The van der Waals surface area contributed by atoms with Gasteiger partial charge in [0, 0.05) is 6.42 Å².